The van der Waals surface area contributed by atoms with Crippen LogP contribution in [0, 0.1) is 0 Å². The highest BCUT2D eigenvalue weighted by molar-refractivity contribution is 8.08. The average molecular weight is 414 g/mol. The van der Waals surface area contributed by atoms with Gasteiger partial charge in [0.15, 0.2) is 4.96 Å². The highest BCUT2D eigenvalue weighted by Crippen LogP contribution is 2.46. The van der Waals surface area contributed by atoms with Crippen molar-refractivity contribution in [2.45, 2.75) is 4.90 Å². The Morgan fingerprint density at radius 2 is 1.69 bits per heavy atom. The molecule has 0 bridgehead atoms. The lowest BCUT2D eigenvalue weighted by Gasteiger charge is -2.13. The lowest BCUT2D eigenvalue weighted by molar-refractivity contribution is 1.17. The normalized spacial score (nSPS) is 15.4. The van der Waals surface area contributed by atoms with E-state index in [2.05, 4.69) is 40.2 Å². The van der Waals surface area contributed by atoms with Crippen molar-refractivity contribution in [1.82, 2.24) is 9.38 Å². The molecule has 0 saturated heterocycles. The maximum absolute atomic E-state index is 13.2. The molecule has 5 aromatic rings. The van der Waals surface area contributed by atoms with Gasteiger partial charge < -0.3 is 4.90 Å². The summed E-state index contributed by atoms with van der Waals surface area (Å²) in [6.45, 7) is 0. The van der Waals surface area contributed by atoms with Crippen LogP contribution in [0.3, 0.4) is 0 Å². The number of fused-ring (bicyclic) bond motifs is 4. The molecule has 0 aliphatic carbocycles. The maximum atomic E-state index is 13.2. The van der Waals surface area contributed by atoms with E-state index in [-0.39, 0.29) is 5.56 Å². The Morgan fingerprint density at radius 3 is 2.55 bits per heavy atom. The molecule has 0 unspecified atom stereocenters. The third kappa shape index (κ3) is 2.46. The number of thioether (sulfide) groups is 1. The third-order valence-electron chi connectivity index (χ3n) is 5.25. The van der Waals surface area contributed by atoms with Crippen LogP contribution in [-0.4, -0.2) is 16.4 Å². The van der Waals surface area contributed by atoms with Crippen LogP contribution in [0.1, 0.15) is 0 Å². The highest BCUT2D eigenvalue weighted by atomic mass is 32.2. The number of nitrogens with zero attached hydrogens (tertiary/aromatic N) is 3. The van der Waals surface area contributed by atoms with Crippen molar-refractivity contribution in [3.8, 4) is 11.1 Å². The molecule has 0 spiro atoms. The summed E-state index contributed by atoms with van der Waals surface area (Å²) in [5.41, 5.74) is 5.21. The van der Waals surface area contributed by atoms with Gasteiger partial charge in [-0.15, -0.1) is 0 Å². The Kier molecular flexibility index (Phi) is 3.60. The van der Waals surface area contributed by atoms with Gasteiger partial charge in [-0.05, 0) is 35.4 Å². The zero-order valence-corrected chi connectivity index (χ0v) is 17.1. The molecule has 0 N–H and O–H groups in total. The molecule has 0 fully saturated rings. The Balaban J connectivity index is 1.53. The second-order valence-electron chi connectivity index (χ2n) is 6.97. The lowest BCUT2D eigenvalue weighted by Crippen LogP contribution is -2.28. The number of hydrogen-bond acceptors (Lipinski definition) is 5. The van der Waals surface area contributed by atoms with Crippen molar-refractivity contribution in [3.63, 3.8) is 0 Å². The van der Waals surface area contributed by atoms with Crippen LogP contribution >= 0.6 is 23.1 Å². The van der Waals surface area contributed by atoms with E-state index in [0.29, 0.717) is 0 Å². The molecule has 0 atom stereocenters. The first-order valence-corrected chi connectivity index (χ1v) is 10.9. The molecule has 2 aromatic heterocycles. The lowest BCUT2D eigenvalue weighted by atomic mass is 10.1. The zero-order valence-electron chi connectivity index (χ0n) is 15.5. The summed E-state index contributed by atoms with van der Waals surface area (Å²) >= 11 is 3.11. The molecule has 0 radical (unpaired) electrons. The summed E-state index contributed by atoms with van der Waals surface area (Å²) in [6, 6.07) is 24.6. The third-order valence-corrected chi connectivity index (χ3v) is 7.65. The molecule has 29 heavy (non-hydrogen) atoms. The molecule has 1 aliphatic heterocycles. The van der Waals surface area contributed by atoms with Crippen molar-refractivity contribution in [1.29, 1.82) is 0 Å². The number of aromatic nitrogens is 2. The summed E-state index contributed by atoms with van der Waals surface area (Å²) in [7, 11) is 2.03. The van der Waals surface area contributed by atoms with E-state index in [1.165, 1.54) is 22.5 Å². The van der Waals surface area contributed by atoms with E-state index in [0.717, 1.165) is 36.1 Å². The van der Waals surface area contributed by atoms with E-state index in [9.17, 15) is 4.79 Å². The SMILES string of the molecule is CN1/C(=c2/sc3nc4ccccc4n3c2=O)Sc2ccc(-c3ccccc3)cc21. The quantitative estimate of drug-likeness (QED) is 0.402. The standard InChI is InChI=1S/C23H15N3OS2/c1-25-18-13-15(14-7-3-2-4-8-14)11-12-19(18)28-22(25)20-21(27)26-17-10-6-5-9-16(17)24-23(26)29-20/h2-13H,1H3/b22-20-. The summed E-state index contributed by atoms with van der Waals surface area (Å²) in [4.78, 5) is 21.9. The van der Waals surface area contributed by atoms with Gasteiger partial charge in [0.05, 0.1) is 16.7 Å². The molecule has 6 heteroatoms. The fourth-order valence-corrected chi connectivity index (χ4v) is 6.11. The molecule has 4 nitrogen and oxygen atoms in total. The fourth-order valence-electron chi connectivity index (χ4n) is 3.80. The summed E-state index contributed by atoms with van der Waals surface area (Å²) in [5.74, 6) is 0. The van der Waals surface area contributed by atoms with Crippen molar-refractivity contribution >= 4 is 49.8 Å². The number of hydrogen-bond donors (Lipinski definition) is 0. The van der Waals surface area contributed by atoms with Crippen LogP contribution in [0.25, 0.3) is 32.2 Å². The van der Waals surface area contributed by atoms with Gasteiger partial charge in [-0.3, -0.25) is 4.79 Å². The minimum atomic E-state index is 0.00383. The zero-order chi connectivity index (χ0) is 19.5. The van der Waals surface area contributed by atoms with E-state index >= 15 is 0 Å². The number of anilines is 1. The van der Waals surface area contributed by atoms with Crippen molar-refractivity contribution < 1.29 is 0 Å². The minimum Gasteiger partial charge on any atom is -0.337 e. The van der Waals surface area contributed by atoms with Gasteiger partial charge in [0.1, 0.15) is 9.56 Å². The van der Waals surface area contributed by atoms with E-state index < -0.39 is 0 Å². The number of thiazole rings is 1. The monoisotopic (exact) mass is 413 g/mol. The van der Waals surface area contributed by atoms with E-state index in [4.69, 9.17) is 0 Å². The fraction of sp³-hybridized carbons (Fsp3) is 0.0435. The van der Waals surface area contributed by atoms with Crippen LogP contribution in [0.5, 0.6) is 0 Å². The molecular formula is C23H15N3OS2. The van der Waals surface area contributed by atoms with Crippen LogP contribution in [-0.2, 0) is 0 Å². The minimum absolute atomic E-state index is 0.00383. The topological polar surface area (TPSA) is 37.6 Å². The second-order valence-corrected chi connectivity index (χ2v) is 8.98. The number of imidazole rings is 1. The van der Waals surface area contributed by atoms with E-state index in [1.807, 2.05) is 49.5 Å². The number of rotatable bonds is 1. The Morgan fingerprint density at radius 1 is 0.897 bits per heavy atom. The highest BCUT2D eigenvalue weighted by Gasteiger charge is 2.25. The Labute approximate surface area is 174 Å². The van der Waals surface area contributed by atoms with Crippen LogP contribution < -0.4 is 15.0 Å². The number of benzene rings is 3. The summed E-state index contributed by atoms with van der Waals surface area (Å²) in [5, 5.41) is 0.967. The molecule has 0 amide bonds. The Hall–Kier alpha value is -3.09. The first kappa shape index (κ1) is 16.8. The summed E-state index contributed by atoms with van der Waals surface area (Å²) in [6.07, 6.45) is 0. The second kappa shape index (κ2) is 6.20. The van der Waals surface area contributed by atoms with Gasteiger partial charge in [0.2, 0.25) is 0 Å². The average Bonchev–Trinajstić information content (AvgIpc) is 3.39. The molecule has 6 rings (SSSR count). The van der Waals surface area contributed by atoms with Crippen LogP contribution in [0.15, 0.2) is 82.5 Å². The van der Waals surface area contributed by atoms with E-state index in [1.54, 1.807) is 16.2 Å². The molecule has 1 aliphatic rings. The van der Waals surface area contributed by atoms with Crippen LogP contribution in [0.4, 0.5) is 5.69 Å². The van der Waals surface area contributed by atoms with Gasteiger partial charge in [0, 0.05) is 11.9 Å². The predicted molar refractivity (Wildman–Crippen MR) is 122 cm³/mol. The maximum Gasteiger partial charge on any atom is 0.277 e. The first-order chi connectivity index (χ1) is 14.2. The van der Waals surface area contributed by atoms with Crippen molar-refractivity contribution in [2.24, 2.45) is 0 Å². The molecule has 140 valence electrons. The van der Waals surface area contributed by atoms with Crippen molar-refractivity contribution in [3.05, 3.63) is 87.7 Å². The van der Waals surface area contributed by atoms with Crippen LogP contribution in [0.2, 0.25) is 0 Å². The van der Waals surface area contributed by atoms with Crippen molar-refractivity contribution in [2.75, 3.05) is 11.9 Å². The van der Waals surface area contributed by atoms with Gasteiger partial charge in [-0.25, -0.2) is 9.38 Å². The predicted octanol–water partition coefficient (Wildman–Crippen LogP) is 4.60. The molecule has 3 heterocycles. The molecular weight excluding hydrogens is 398 g/mol. The first-order valence-electron chi connectivity index (χ1n) is 9.26. The van der Waals surface area contributed by atoms with Gasteiger partial charge >= 0.3 is 0 Å². The van der Waals surface area contributed by atoms with Gasteiger partial charge in [-0.2, -0.15) is 0 Å². The smallest absolute Gasteiger partial charge is 0.277 e. The van der Waals surface area contributed by atoms with Gasteiger partial charge in [-0.1, -0.05) is 71.6 Å². The number of para-hydroxylation sites is 2. The molecule has 3 aromatic carbocycles. The Bertz CT molecular complexity index is 1520. The molecule has 0 saturated carbocycles. The van der Waals surface area contributed by atoms with Gasteiger partial charge in [0.25, 0.3) is 5.56 Å². The summed E-state index contributed by atoms with van der Waals surface area (Å²) < 4.78 is 2.47. The largest absolute Gasteiger partial charge is 0.337 e.